The predicted octanol–water partition coefficient (Wildman–Crippen LogP) is 4.80. The highest BCUT2D eigenvalue weighted by Crippen LogP contribution is 2.34. The van der Waals surface area contributed by atoms with E-state index in [1.165, 1.54) is 5.56 Å². The van der Waals surface area contributed by atoms with E-state index in [0.717, 1.165) is 36.5 Å². The number of nitrogens with zero attached hydrogens (tertiary/aromatic N) is 2. The Balaban J connectivity index is 1.43. The van der Waals surface area contributed by atoms with Gasteiger partial charge in [-0.05, 0) is 48.4 Å². The van der Waals surface area contributed by atoms with Crippen LogP contribution in [-0.2, 0) is 0 Å². The lowest BCUT2D eigenvalue weighted by molar-refractivity contribution is 0.0766. The first-order chi connectivity index (χ1) is 12.8. The Bertz CT molecular complexity index is 844. The third-order valence-electron chi connectivity index (χ3n) is 4.82. The second-order valence-electron chi connectivity index (χ2n) is 6.49. The Kier molecular flexibility index (Phi) is 5.12. The molecule has 3 nitrogen and oxygen atoms in total. The third-order valence-corrected chi connectivity index (χ3v) is 6.15. The number of rotatable bonds is 3. The van der Waals surface area contributed by atoms with E-state index in [9.17, 15) is 4.79 Å². The summed E-state index contributed by atoms with van der Waals surface area (Å²) in [7, 11) is 0. The minimum absolute atomic E-state index is 0.137. The van der Waals surface area contributed by atoms with Crippen LogP contribution in [0.1, 0.15) is 27.6 Å². The molecule has 1 amide bonds. The lowest BCUT2D eigenvalue weighted by Gasteiger charge is -2.20. The molecule has 1 aromatic heterocycles. The molecule has 1 aliphatic rings. The van der Waals surface area contributed by atoms with Crippen molar-refractivity contribution in [3.05, 3.63) is 90.3 Å². The zero-order chi connectivity index (χ0) is 17.8. The number of carbonyl (C=O) groups is 1. The van der Waals surface area contributed by atoms with Gasteiger partial charge in [0.15, 0.2) is 0 Å². The first-order valence-corrected chi connectivity index (χ1v) is 10.1. The molecule has 1 aliphatic heterocycles. The highest BCUT2D eigenvalue weighted by molar-refractivity contribution is 7.99. The Morgan fingerprint density at radius 3 is 2.35 bits per heavy atom. The Morgan fingerprint density at radius 2 is 1.62 bits per heavy atom. The summed E-state index contributed by atoms with van der Waals surface area (Å²) in [6.45, 7) is 1.62. The first-order valence-electron chi connectivity index (χ1n) is 9.00. The molecule has 3 aromatic rings. The molecule has 26 heavy (non-hydrogen) atoms. The SMILES string of the molecule is O=C(c1ccc(-n2cccc2)cc1)N1CCSC(c2ccccc2)CC1. The van der Waals surface area contributed by atoms with E-state index < -0.39 is 0 Å². The third kappa shape index (κ3) is 3.70. The standard InChI is InChI=1S/C22H22N2OS/c25-22(19-8-10-20(11-9-19)23-13-4-5-14-23)24-15-12-21(26-17-16-24)18-6-2-1-3-7-18/h1-11,13-14,21H,12,15-17H2. The molecule has 0 bridgehead atoms. The second kappa shape index (κ2) is 7.83. The largest absolute Gasteiger partial charge is 0.338 e. The first kappa shape index (κ1) is 17.0. The summed E-state index contributed by atoms with van der Waals surface area (Å²) in [5, 5.41) is 0.477. The van der Waals surface area contributed by atoms with Gasteiger partial charge in [0.2, 0.25) is 0 Å². The van der Waals surface area contributed by atoms with E-state index in [1.807, 2.05) is 70.0 Å². The van der Waals surface area contributed by atoms with Crippen LogP contribution in [0, 0.1) is 0 Å². The van der Waals surface area contributed by atoms with Crippen molar-refractivity contribution >= 4 is 17.7 Å². The van der Waals surface area contributed by atoms with Gasteiger partial charge in [0.25, 0.3) is 5.91 Å². The maximum Gasteiger partial charge on any atom is 0.253 e. The quantitative estimate of drug-likeness (QED) is 0.669. The molecule has 0 saturated carbocycles. The van der Waals surface area contributed by atoms with E-state index in [-0.39, 0.29) is 5.91 Å². The van der Waals surface area contributed by atoms with Crippen molar-refractivity contribution in [2.75, 3.05) is 18.8 Å². The van der Waals surface area contributed by atoms with Gasteiger partial charge in [-0.15, -0.1) is 0 Å². The van der Waals surface area contributed by atoms with Gasteiger partial charge in [-0.3, -0.25) is 4.79 Å². The number of hydrogen-bond donors (Lipinski definition) is 0. The van der Waals surface area contributed by atoms with Gasteiger partial charge < -0.3 is 9.47 Å². The van der Waals surface area contributed by atoms with Gasteiger partial charge in [-0.2, -0.15) is 11.8 Å². The van der Waals surface area contributed by atoms with Crippen LogP contribution >= 0.6 is 11.8 Å². The molecule has 2 heterocycles. The highest BCUT2D eigenvalue weighted by Gasteiger charge is 2.22. The summed E-state index contributed by atoms with van der Waals surface area (Å²) < 4.78 is 2.04. The molecule has 1 unspecified atom stereocenters. The van der Waals surface area contributed by atoms with Crippen LogP contribution in [0.2, 0.25) is 0 Å². The molecule has 4 heteroatoms. The lowest BCUT2D eigenvalue weighted by atomic mass is 10.1. The Labute approximate surface area is 158 Å². The minimum Gasteiger partial charge on any atom is -0.338 e. The number of benzene rings is 2. The molecule has 132 valence electrons. The monoisotopic (exact) mass is 362 g/mol. The predicted molar refractivity (Wildman–Crippen MR) is 108 cm³/mol. The molecular formula is C22H22N2OS. The van der Waals surface area contributed by atoms with Crippen LogP contribution < -0.4 is 0 Å². The van der Waals surface area contributed by atoms with Gasteiger partial charge in [0, 0.05) is 47.7 Å². The molecule has 0 N–H and O–H groups in total. The van der Waals surface area contributed by atoms with Gasteiger partial charge in [-0.25, -0.2) is 0 Å². The molecule has 1 atom stereocenters. The van der Waals surface area contributed by atoms with Crippen molar-refractivity contribution in [1.29, 1.82) is 0 Å². The van der Waals surface area contributed by atoms with Crippen molar-refractivity contribution < 1.29 is 4.79 Å². The topological polar surface area (TPSA) is 25.2 Å². The molecule has 0 radical (unpaired) electrons. The van der Waals surface area contributed by atoms with Crippen LogP contribution in [0.3, 0.4) is 0 Å². The van der Waals surface area contributed by atoms with Gasteiger partial charge in [0.1, 0.15) is 0 Å². The van der Waals surface area contributed by atoms with Gasteiger partial charge in [0.05, 0.1) is 0 Å². The normalized spacial score (nSPS) is 17.7. The summed E-state index contributed by atoms with van der Waals surface area (Å²) in [6, 6.07) is 22.5. The number of thioether (sulfide) groups is 1. The van der Waals surface area contributed by atoms with E-state index in [1.54, 1.807) is 0 Å². The van der Waals surface area contributed by atoms with Crippen LogP contribution in [0.15, 0.2) is 79.1 Å². The molecule has 4 rings (SSSR count). The Morgan fingerprint density at radius 1 is 0.885 bits per heavy atom. The fraction of sp³-hybridized carbons (Fsp3) is 0.227. The smallest absolute Gasteiger partial charge is 0.253 e. The van der Waals surface area contributed by atoms with Crippen LogP contribution in [0.4, 0.5) is 0 Å². The number of amides is 1. The van der Waals surface area contributed by atoms with Crippen LogP contribution in [-0.4, -0.2) is 34.2 Å². The second-order valence-corrected chi connectivity index (χ2v) is 7.80. The van der Waals surface area contributed by atoms with Crippen molar-refractivity contribution in [2.45, 2.75) is 11.7 Å². The maximum atomic E-state index is 12.9. The number of aromatic nitrogens is 1. The zero-order valence-corrected chi connectivity index (χ0v) is 15.4. The molecular weight excluding hydrogens is 340 g/mol. The fourth-order valence-corrected chi connectivity index (χ4v) is 4.60. The summed E-state index contributed by atoms with van der Waals surface area (Å²) in [4.78, 5) is 14.9. The van der Waals surface area contributed by atoms with E-state index in [2.05, 4.69) is 30.3 Å². The Hall–Kier alpha value is -2.46. The maximum absolute atomic E-state index is 12.9. The average molecular weight is 362 g/mol. The summed E-state index contributed by atoms with van der Waals surface area (Å²) in [5.74, 6) is 1.12. The summed E-state index contributed by atoms with van der Waals surface area (Å²) in [6.07, 6.45) is 5.01. The van der Waals surface area contributed by atoms with Crippen molar-refractivity contribution in [2.24, 2.45) is 0 Å². The van der Waals surface area contributed by atoms with E-state index >= 15 is 0 Å². The van der Waals surface area contributed by atoms with Crippen molar-refractivity contribution in [3.8, 4) is 5.69 Å². The van der Waals surface area contributed by atoms with Crippen molar-refractivity contribution in [1.82, 2.24) is 9.47 Å². The molecule has 2 aromatic carbocycles. The lowest BCUT2D eigenvalue weighted by Crippen LogP contribution is -2.32. The minimum atomic E-state index is 0.137. The molecule has 1 fully saturated rings. The molecule has 0 spiro atoms. The van der Waals surface area contributed by atoms with Crippen LogP contribution in [0.5, 0.6) is 0 Å². The van der Waals surface area contributed by atoms with Crippen LogP contribution in [0.25, 0.3) is 5.69 Å². The fourth-order valence-electron chi connectivity index (χ4n) is 3.37. The highest BCUT2D eigenvalue weighted by atomic mass is 32.2. The van der Waals surface area contributed by atoms with E-state index in [0.29, 0.717) is 5.25 Å². The zero-order valence-electron chi connectivity index (χ0n) is 14.6. The average Bonchev–Trinajstić information content (AvgIpc) is 3.13. The number of carbonyl (C=O) groups excluding carboxylic acids is 1. The van der Waals surface area contributed by atoms with Gasteiger partial charge >= 0.3 is 0 Å². The van der Waals surface area contributed by atoms with Crippen molar-refractivity contribution in [3.63, 3.8) is 0 Å². The summed E-state index contributed by atoms with van der Waals surface area (Å²) >= 11 is 1.96. The number of hydrogen-bond acceptors (Lipinski definition) is 2. The molecule has 1 saturated heterocycles. The van der Waals surface area contributed by atoms with E-state index in [4.69, 9.17) is 0 Å². The summed E-state index contributed by atoms with van der Waals surface area (Å²) in [5.41, 5.74) is 3.20. The molecule has 0 aliphatic carbocycles. The van der Waals surface area contributed by atoms with Gasteiger partial charge in [-0.1, -0.05) is 30.3 Å².